The Morgan fingerprint density at radius 2 is 1.89 bits per heavy atom. The minimum Gasteiger partial charge on any atom is -0.490 e. The molecule has 1 amide bonds. The van der Waals surface area contributed by atoms with Crippen molar-refractivity contribution in [2.24, 2.45) is 17.8 Å². The van der Waals surface area contributed by atoms with Gasteiger partial charge in [0.25, 0.3) is 5.91 Å². The molecule has 2 aromatic carbocycles. The van der Waals surface area contributed by atoms with E-state index in [1.54, 1.807) is 0 Å². The standard InChI is InChI=1S/C45H64ClN5O4S/c1-31(2)50-22-21-49-20-19-48(26-38(49)27-50)29-45(54-5)18-7-9-32(3)33(4)56(6,53)47-43(52)35-12-16-42-41(24-35)51(25-36-11-14-40(36)45)28-44(30-55-42)17-8-10-34-23-37(46)13-15-39(34)44/h7,12-13,15-16,18,23-24,31-33,36,38,40H,6,8-11,14,17,19-22,25-30H2,1-5H3,(H,47,52,53)/b18-7+/t32-,33+,36-,38+,40+,44-,45+,56?/m0/s1. The second kappa shape index (κ2) is 15.9. The van der Waals surface area contributed by atoms with Crippen LogP contribution in [0.5, 0.6) is 5.75 Å². The molecule has 8 atom stereocenters. The summed E-state index contributed by atoms with van der Waals surface area (Å²) in [7, 11) is -1.04. The molecule has 0 radical (unpaired) electrons. The molecular weight excluding hydrogens is 742 g/mol. The molecule has 1 spiro atoms. The van der Waals surface area contributed by atoms with Crippen LogP contribution in [0.15, 0.2) is 48.6 Å². The Labute approximate surface area is 341 Å². The van der Waals surface area contributed by atoms with Crippen LogP contribution in [0.1, 0.15) is 81.3 Å². The van der Waals surface area contributed by atoms with Crippen LogP contribution in [-0.2, 0) is 26.3 Å². The Hall–Kier alpha value is -2.60. The van der Waals surface area contributed by atoms with Crippen molar-refractivity contribution in [1.82, 2.24) is 19.4 Å². The fraction of sp³-hybridized carbons (Fsp3) is 0.644. The number of fused-ring (bicyclic) bond motifs is 5. The Bertz CT molecular complexity index is 1920. The molecule has 3 fully saturated rings. The third-order valence-electron chi connectivity index (χ3n) is 14.8. The maximum Gasteiger partial charge on any atom is 0.262 e. The van der Waals surface area contributed by atoms with E-state index in [0.29, 0.717) is 36.1 Å². The molecule has 1 saturated carbocycles. The Kier molecular flexibility index (Phi) is 11.4. The summed E-state index contributed by atoms with van der Waals surface area (Å²) in [5.74, 6) is 5.25. The Balaban J connectivity index is 1.17. The van der Waals surface area contributed by atoms with Crippen molar-refractivity contribution >= 4 is 38.8 Å². The monoisotopic (exact) mass is 805 g/mol. The van der Waals surface area contributed by atoms with Gasteiger partial charge in [0.1, 0.15) is 11.4 Å². The van der Waals surface area contributed by atoms with E-state index >= 15 is 0 Å². The van der Waals surface area contributed by atoms with Gasteiger partial charge in [0.15, 0.2) is 0 Å². The topological polar surface area (TPSA) is 77.6 Å². The summed E-state index contributed by atoms with van der Waals surface area (Å²) in [6.45, 7) is 18.3. The van der Waals surface area contributed by atoms with Gasteiger partial charge in [0.05, 0.1) is 22.0 Å². The van der Waals surface area contributed by atoms with E-state index in [1.807, 2.05) is 38.3 Å². The number of allylic oxidation sites excluding steroid dienone is 1. The molecule has 8 rings (SSSR count). The molecular formula is C45H64ClN5O4S. The van der Waals surface area contributed by atoms with Crippen LogP contribution in [0.2, 0.25) is 5.02 Å². The van der Waals surface area contributed by atoms with Gasteiger partial charge >= 0.3 is 0 Å². The third-order valence-corrected chi connectivity index (χ3v) is 17.2. The first-order valence-corrected chi connectivity index (χ1v) is 23.4. The number of carbonyl (C=O) groups is 1. The summed E-state index contributed by atoms with van der Waals surface area (Å²) in [6.07, 6.45) is 10.7. The molecule has 2 aliphatic carbocycles. The summed E-state index contributed by atoms with van der Waals surface area (Å²) in [4.78, 5) is 24.4. The van der Waals surface area contributed by atoms with Crippen molar-refractivity contribution in [1.29, 1.82) is 0 Å². The van der Waals surface area contributed by atoms with Gasteiger partial charge in [0, 0.05) is 99.3 Å². The highest BCUT2D eigenvalue weighted by atomic mass is 35.5. The number of methoxy groups -OCH3 is 1. The second-order valence-corrected chi connectivity index (χ2v) is 21.2. The smallest absolute Gasteiger partial charge is 0.262 e. The second-order valence-electron chi connectivity index (χ2n) is 18.4. The number of benzene rings is 2. The number of rotatable bonds is 4. The third kappa shape index (κ3) is 7.68. The number of hydrogen-bond acceptors (Lipinski definition) is 8. The van der Waals surface area contributed by atoms with Gasteiger partial charge < -0.3 is 14.4 Å². The minimum absolute atomic E-state index is 0.0318. The maximum atomic E-state index is 14.1. The Morgan fingerprint density at radius 3 is 2.66 bits per heavy atom. The van der Waals surface area contributed by atoms with Crippen LogP contribution in [0.3, 0.4) is 0 Å². The molecule has 11 heteroatoms. The summed E-state index contributed by atoms with van der Waals surface area (Å²) in [6, 6.07) is 13.2. The zero-order valence-electron chi connectivity index (χ0n) is 34.3. The molecule has 56 heavy (non-hydrogen) atoms. The van der Waals surface area contributed by atoms with Gasteiger partial charge in [-0.3, -0.25) is 24.2 Å². The fourth-order valence-corrected chi connectivity index (χ4v) is 12.6. The first kappa shape index (κ1) is 40.2. The Morgan fingerprint density at radius 1 is 1.07 bits per heavy atom. The van der Waals surface area contributed by atoms with Gasteiger partial charge in [-0.1, -0.05) is 36.7 Å². The first-order valence-electron chi connectivity index (χ1n) is 21.2. The minimum atomic E-state index is -2.96. The van der Waals surface area contributed by atoms with Crippen molar-refractivity contribution in [2.45, 2.75) is 94.6 Å². The molecule has 6 aliphatic rings. The number of halogens is 1. The number of piperazine rings is 2. The van der Waals surface area contributed by atoms with Gasteiger partial charge in [-0.2, -0.15) is 0 Å². The molecule has 4 heterocycles. The van der Waals surface area contributed by atoms with Gasteiger partial charge in [-0.25, -0.2) is 4.21 Å². The van der Waals surface area contributed by atoms with Crippen molar-refractivity contribution in [2.75, 3.05) is 77.5 Å². The van der Waals surface area contributed by atoms with Crippen molar-refractivity contribution in [3.05, 3.63) is 70.3 Å². The molecule has 1 N–H and O–H groups in total. The SMILES string of the molecule is C=S1(=O)NC(=O)c2ccc3c(c2)N(C[C@@H]2CC[C@H]2[C@@](CN2CCN4CCN(C(C)C)C[C@H]4C2)(OC)/C=C/C[C@H](C)[C@H]1C)C[C@@]1(CCCc2cc(Cl)ccc21)CO3. The van der Waals surface area contributed by atoms with E-state index in [4.69, 9.17) is 21.1 Å². The van der Waals surface area contributed by atoms with Gasteiger partial charge in [-0.05, 0) is 124 Å². The average molecular weight is 807 g/mol. The van der Waals surface area contributed by atoms with E-state index in [2.05, 4.69) is 75.2 Å². The van der Waals surface area contributed by atoms with E-state index < -0.39 is 15.3 Å². The molecule has 2 bridgehead atoms. The lowest BCUT2D eigenvalue weighted by Gasteiger charge is -2.54. The zero-order valence-corrected chi connectivity index (χ0v) is 35.9. The quantitative estimate of drug-likeness (QED) is 0.286. The predicted molar refractivity (Wildman–Crippen MR) is 230 cm³/mol. The maximum absolute atomic E-state index is 14.1. The fourth-order valence-electron chi connectivity index (χ4n) is 10.9. The average Bonchev–Trinajstić information content (AvgIpc) is 3.31. The number of aryl methyl sites for hydroxylation is 1. The molecule has 9 nitrogen and oxygen atoms in total. The highest BCUT2D eigenvalue weighted by molar-refractivity contribution is 7.99. The first-order chi connectivity index (χ1) is 26.8. The van der Waals surface area contributed by atoms with E-state index in [-0.39, 0.29) is 22.5 Å². The lowest BCUT2D eigenvalue weighted by Crippen LogP contribution is -2.65. The molecule has 1 unspecified atom stereocenters. The highest BCUT2D eigenvalue weighted by Gasteiger charge is 2.50. The van der Waals surface area contributed by atoms with Crippen molar-refractivity contribution < 1.29 is 18.5 Å². The number of amides is 1. The summed E-state index contributed by atoms with van der Waals surface area (Å²) in [5.41, 5.74) is 3.32. The number of hydrogen-bond donors (Lipinski definition) is 1. The van der Waals surface area contributed by atoms with Crippen LogP contribution < -0.4 is 14.4 Å². The van der Waals surface area contributed by atoms with Crippen LogP contribution >= 0.6 is 11.6 Å². The zero-order chi connectivity index (χ0) is 39.4. The molecule has 0 aromatic heterocycles. The van der Waals surface area contributed by atoms with Crippen LogP contribution in [0, 0.1) is 17.8 Å². The number of ether oxygens (including phenoxy) is 2. The predicted octanol–water partition coefficient (Wildman–Crippen LogP) is 6.28. The van der Waals surface area contributed by atoms with Crippen molar-refractivity contribution in [3.8, 4) is 5.75 Å². The largest absolute Gasteiger partial charge is 0.490 e. The van der Waals surface area contributed by atoms with E-state index in [1.165, 1.54) is 11.1 Å². The van der Waals surface area contributed by atoms with Gasteiger partial charge in [-0.15, -0.1) is 0 Å². The lowest BCUT2D eigenvalue weighted by atomic mass is 9.63. The lowest BCUT2D eigenvalue weighted by molar-refractivity contribution is -0.102. The molecule has 4 aliphatic heterocycles. The van der Waals surface area contributed by atoms with E-state index in [9.17, 15) is 9.00 Å². The highest BCUT2D eigenvalue weighted by Crippen LogP contribution is 2.49. The summed E-state index contributed by atoms with van der Waals surface area (Å²) >= 11 is 6.55. The van der Waals surface area contributed by atoms with Gasteiger partial charge in [0.2, 0.25) is 0 Å². The summed E-state index contributed by atoms with van der Waals surface area (Å²) < 4.78 is 30.6. The number of carbonyl (C=O) groups excluding carboxylic acids is 1. The number of nitrogens with zero attached hydrogens (tertiary/aromatic N) is 4. The van der Waals surface area contributed by atoms with Crippen LogP contribution in [0.25, 0.3) is 0 Å². The van der Waals surface area contributed by atoms with Crippen molar-refractivity contribution in [3.63, 3.8) is 0 Å². The number of nitrogens with one attached hydrogen (secondary N) is 1. The molecule has 2 saturated heterocycles. The van der Waals surface area contributed by atoms with E-state index in [0.717, 1.165) is 114 Å². The molecule has 2 aromatic rings. The molecule has 306 valence electrons. The normalized spacial score (nSPS) is 36.4. The number of anilines is 1. The van der Waals surface area contributed by atoms with Crippen LogP contribution in [0.4, 0.5) is 5.69 Å². The van der Waals surface area contributed by atoms with Crippen LogP contribution in [-0.4, -0.2) is 126 Å². The summed E-state index contributed by atoms with van der Waals surface area (Å²) in [5, 5.41) is 0.439.